The summed E-state index contributed by atoms with van der Waals surface area (Å²) in [5.41, 5.74) is 5.96. The molecule has 2 atom stereocenters. The van der Waals surface area contributed by atoms with Crippen LogP contribution in [0.1, 0.15) is 49.4 Å². The first-order valence-corrected chi connectivity index (χ1v) is 9.56. The summed E-state index contributed by atoms with van der Waals surface area (Å²) in [5, 5.41) is 2.62. The Labute approximate surface area is 163 Å². The highest BCUT2D eigenvalue weighted by atomic mass is 16.5. The van der Waals surface area contributed by atoms with Gasteiger partial charge in [-0.25, -0.2) is 0 Å². The van der Waals surface area contributed by atoms with Gasteiger partial charge in [0.25, 0.3) is 5.91 Å². The third-order valence-corrected chi connectivity index (χ3v) is 5.36. The Morgan fingerprint density at radius 1 is 1.18 bits per heavy atom. The monoisotopic (exact) mass is 387 g/mol. The number of likely N-dealkylation sites (tertiary alicyclic amines) is 1. The van der Waals surface area contributed by atoms with E-state index in [4.69, 9.17) is 10.5 Å². The van der Waals surface area contributed by atoms with Gasteiger partial charge in [0.05, 0.1) is 5.92 Å². The Kier molecular flexibility index (Phi) is 5.96. The van der Waals surface area contributed by atoms with Crippen molar-refractivity contribution in [1.29, 1.82) is 0 Å². The van der Waals surface area contributed by atoms with Gasteiger partial charge in [0, 0.05) is 30.3 Å². The summed E-state index contributed by atoms with van der Waals surface area (Å²) in [6.07, 6.45) is 3.33. The molecule has 1 aromatic rings. The zero-order chi connectivity index (χ0) is 20.3. The smallest absolute Gasteiger partial charge is 0.312 e. The molecule has 1 aliphatic heterocycles. The molecule has 0 radical (unpaired) electrons. The molecule has 1 saturated heterocycles. The Morgan fingerprint density at radius 2 is 1.82 bits per heavy atom. The van der Waals surface area contributed by atoms with Gasteiger partial charge in [-0.15, -0.1) is 0 Å². The van der Waals surface area contributed by atoms with Gasteiger partial charge >= 0.3 is 5.97 Å². The van der Waals surface area contributed by atoms with Crippen LogP contribution >= 0.6 is 0 Å². The molecule has 3 amide bonds. The number of benzene rings is 1. The van der Waals surface area contributed by atoms with Gasteiger partial charge in [-0.1, -0.05) is 12.8 Å². The van der Waals surface area contributed by atoms with Gasteiger partial charge in [0.1, 0.15) is 0 Å². The third kappa shape index (κ3) is 4.49. The van der Waals surface area contributed by atoms with E-state index in [9.17, 15) is 19.2 Å². The second-order valence-electron chi connectivity index (χ2n) is 7.40. The van der Waals surface area contributed by atoms with Crippen molar-refractivity contribution in [3.05, 3.63) is 29.8 Å². The fourth-order valence-electron chi connectivity index (χ4n) is 3.74. The quantitative estimate of drug-likeness (QED) is 0.716. The number of anilines is 1. The zero-order valence-corrected chi connectivity index (χ0v) is 15.8. The molecule has 2 aliphatic rings. The van der Waals surface area contributed by atoms with Gasteiger partial charge in [-0.3, -0.25) is 19.2 Å². The van der Waals surface area contributed by atoms with Crippen LogP contribution in [0.5, 0.6) is 0 Å². The lowest BCUT2D eigenvalue weighted by Crippen LogP contribution is -2.36. The third-order valence-electron chi connectivity index (χ3n) is 5.36. The van der Waals surface area contributed by atoms with Crippen molar-refractivity contribution in [2.45, 2.75) is 51.2 Å². The van der Waals surface area contributed by atoms with Crippen molar-refractivity contribution >= 4 is 29.4 Å². The van der Waals surface area contributed by atoms with E-state index in [2.05, 4.69) is 5.32 Å². The Bertz CT molecular complexity index is 771. The van der Waals surface area contributed by atoms with Gasteiger partial charge < -0.3 is 20.7 Å². The molecule has 8 heteroatoms. The predicted molar refractivity (Wildman–Crippen MR) is 101 cm³/mol. The van der Waals surface area contributed by atoms with Crippen LogP contribution in [0.4, 0.5) is 5.69 Å². The van der Waals surface area contributed by atoms with E-state index in [0.29, 0.717) is 17.8 Å². The number of hydrogen-bond acceptors (Lipinski definition) is 5. The number of ether oxygens (including phenoxy) is 1. The Balaban J connectivity index is 1.51. The van der Waals surface area contributed by atoms with Crippen molar-refractivity contribution < 1.29 is 23.9 Å². The first kappa shape index (κ1) is 19.9. The zero-order valence-electron chi connectivity index (χ0n) is 15.8. The molecule has 0 bridgehead atoms. The number of carbonyl (C=O) groups is 4. The van der Waals surface area contributed by atoms with Gasteiger partial charge in [0.2, 0.25) is 11.8 Å². The van der Waals surface area contributed by atoms with Crippen LogP contribution in [0.25, 0.3) is 0 Å². The summed E-state index contributed by atoms with van der Waals surface area (Å²) in [7, 11) is 0. The molecule has 3 N–H and O–H groups in total. The van der Waals surface area contributed by atoms with E-state index in [1.54, 1.807) is 17.0 Å². The topological polar surface area (TPSA) is 119 Å². The molecule has 0 unspecified atom stereocenters. The summed E-state index contributed by atoms with van der Waals surface area (Å²) in [5.74, 6) is -2.12. The van der Waals surface area contributed by atoms with Gasteiger partial charge in [-0.05, 0) is 44.0 Å². The number of esters is 1. The number of nitrogens with one attached hydrogen (secondary N) is 1. The first-order valence-electron chi connectivity index (χ1n) is 9.56. The van der Waals surface area contributed by atoms with Crippen molar-refractivity contribution in [3.8, 4) is 0 Å². The van der Waals surface area contributed by atoms with Crippen LogP contribution in [0.15, 0.2) is 24.3 Å². The maximum absolute atomic E-state index is 12.4. The summed E-state index contributed by atoms with van der Waals surface area (Å²) >= 11 is 0. The van der Waals surface area contributed by atoms with Crippen LogP contribution in [0.3, 0.4) is 0 Å². The molecule has 1 aliphatic carbocycles. The minimum atomic E-state index is -1.00. The lowest BCUT2D eigenvalue weighted by molar-refractivity contribution is -0.157. The van der Waals surface area contributed by atoms with Gasteiger partial charge in [-0.2, -0.15) is 0 Å². The average molecular weight is 387 g/mol. The number of carbonyl (C=O) groups excluding carboxylic acids is 4. The van der Waals surface area contributed by atoms with Crippen LogP contribution in [-0.4, -0.2) is 47.3 Å². The van der Waals surface area contributed by atoms with Crippen molar-refractivity contribution in [3.63, 3.8) is 0 Å². The highest BCUT2D eigenvalue weighted by Gasteiger charge is 2.40. The SMILES string of the molecule is C[C@@H](OC(=O)[C@H]1CC(=O)N(C2CCCC2)C1)C(=O)Nc1ccc(C(N)=O)cc1. The average Bonchev–Trinajstić information content (AvgIpc) is 3.31. The van der Waals surface area contributed by atoms with Crippen LogP contribution in [-0.2, 0) is 19.1 Å². The highest BCUT2D eigenvalue weighted by Crippen LogP contribution is 2.30. The summed E-state index contributed by atoms with van der Waals surface area (Å²) in [6, 6.07) is 6.31. The van der Waals surface area contributed by atoms with E-state index in [1.807, 2.05) is 0 Å². The molecule has 1 saturated carbocycles. The largest absolute Gasteiger partial charge is 0.452 e. The molecule has 1 heterocycles. The van der Waals surface area contributed by atoms with E-state index >= 15 is 0 Å². The van der Waals surface area contributed by atoms with Crippen molar-refractivity contribution in [1.82, 2.24) is 4.90 Å². The number of rotatable bonds is 6. The van der Waals surface area contributed by atoms with Gasteiger partial charge in [0.15, 0.2) is 6.10 Å². The predicted octanol–water partition coefficient (Wildman–Crippen LogP) is 1.45. The molecule has 2 fully saturated rings. The van der Waals surface area contributed by atoms with E-state index < -0.39 is 29.8 Å². The molecule has 150 valence electrons. The van der Waals surface area contributed by atoms with Crippen LogP contribution in [0.2, 0.25) is 0 Å². The standard InChI is InChI=1S/C20H25N3O5/c1-12(19(26)22-15-8-6-13(7-9-15)18(21)25)28-20(27)14-10-17(24)23(11-14)16-4-2-3-5-16/h6-9,12,14,16H,2-5,10-11H2,1H3,(H2,21,25)(H,22,26)/t12-,14+/m1/s1. The highest BCUT2D eigenvalue weighted by molar-refractivity contribution is 5.97. The fraction of sp³-hybridized carbons (Fsp3) is 0.500. The minimum absolute atomic E-state index is 0.0134. The number of primary amides is 1. The fourth-order valence-corrected chi connectivity index (χ4v) is 3.74. The molecule has 0 spiro atoms. The first-order chi connectivity index (χ1) is 13.3. The number of hydrogen-bond donors (Lipinski definition) is 2. The second-order valence-corrected chi connectivity index (χ2v) is 7.40. The molecule has 3 rings (SSSR count). The maximum atomic E-state index is 12.4. The molecule has 8 nitrogen and oxygen atoms in total. The van der Waals surface area contributed by atoms with Crippen LogP contribution < -0.4 is 11.1 Å². The number of nitrogens with zero attached hydrogens (tertiary/aromatic N) is 1. The lowest BCUT2D eigenvalue weighted by Gasteiger charge is -2.24. The van der Waals surface area contributed by atoms with E-state index in [-0.39, 0.29) is 18.4 Å². The number of amides is 3. The second kappa shape index (κ2) is 8.41. The van der Waals surface area contributed by atoms with Crippen molar-refractivity contribution in [2.75, 3.05) is 11.9 Å². The maximum Gasteiger partial charge on any atom is 0.312 e. The normalized spacial score (nSPS) is 20.8. The molecular formula is C20H25N3O5. The Morgan fingerprint density at radius 3 is 2.43 bits per heavy atom. The van der Waals surface area contributed by atoms with E-state index in [0.717, 1.165) is 25.7 Å². The van der Waals surface area contributed by atoms with E-state index in [1.165, 1.54) is 19.1 Å². The Hall–Kier alpha value is -2.90. The summed E-state index contributed by atoms with van der Waals surface area (Å²) in [4.78, 5) is 49.8. The molecule has 28 heavy (non-hydrogen) atoms. The van der Waals surface area contributed by atoms with Crippen molar-refractivity contribution in [2.24, 2.45) is 11.7 Å². The molecule has 0 aromatic heterocycles. The van der Waals surface area contributed by atoms with Crippen LogP contribution in [0, 0.1) is 5.92 Å². The minimum Gasteiger partial charge on any atom is -0.452 e. The summed E-state index contributed by atoms with van der Waals surface area (Å²) in [6.45, 7) is 1.85. The molecule has 1 aromatic carbocycles. The summed E-state index contributed by atoms with van der Waals surface area (Å²) < 4.78 is 5.29. The number of nitrogens with two attached hydrogens (primary N) is 1. The lowest BCUT2D eigenvalue weighted by atomic mass is 10.1. The molecular weight excluding hydrogens is 362 g/mol.